The molecule has 3 N–H and O–H groups in total. The van der Waals surface area contributed by atoms with Gasteiger partial charge in [-0.05, 0) is 38.4 Å². The lowest BCUT2D eigenvalue weighted by molar-refractivity contribution is -0.119. The van der Waals surface area contributed by atoms with Crippen molar-refractivity contribution in [2.75, 3.05) is 32.7 Å². The predicted octanol–water partition coefficient (Wildman–Crippen LogP) is -0.207. The van der Waals surface area contributed by atoms with Gasteiger partial charge in [-0.25, -0.2) is 0 Å². The number of rotatable bonds is 5. The lowest BCUT2D eigenvalue weighted by Gasteiger charge is -2.31. The van der Waals surface area contributed by atoms with Gasteiger partial charge in [0.25, 0.3) is 0 Å². The van der Waals surface area contributed by atoms with Crippen molar-refractivity contribution in [2.45, 2.75) is 19.8 Å². The summed E-state index contributed by atoms with van der Waals surface area (Å²) >= 11 is 0. The number of nitrogens with two attached hydrogens (primary N) is 1. The van der Waals surface area contributed by atoms with Gasteiger partial charge in [-0.1, -0.05) is 6.92 Å². The first kappa shape index (κ1) is 11.5. The van der Waals surface area contributed by atoms with Crippen molar-refractivity contribution in [3.63, 3.8) is 0 Å². The molecule has 1 aliphatic rings. The Morgan fingerprint density at radius 1 is 1.64 bits per heavy atom. The number of amides is 1. The van der Waals surface area contributed by atoms with Gasteiger partial charge < -0.3 is 11.1 Å². The number of likely N-dealkylation sites (tertiary alicyclic amines) is 1. The summed E-state index contributed by atoms with van der Waals surface area (Å²) in [5, 5.41) is 3.35. The fourth-order valence-electron chi connectivity index (χ4n) is 2.03. The van der Waals surface area contributed by atoms with Gasteiger partial charge in [-0.3, -0.25) is 9.69 Å². The van der Waals surface area contributed by atoms with Gasteiger partial charge in [-0.15, -0.1) is 0 Å². The van der Waals surface area contributed by atoms with Crippen LogP contribution >= 0.6 is 0 Å². The maximum absolute atomic E-state index is 10.8. The van der Waals surface area contributed by atoms with Crippen molar-refractivity contribution in [3.05, 3.63) is 0 Å². The van der Waals surface area contributed by atoms with Crippen LogP contribution in [0.15, 0.2) is 0 Å². The molecule has 0 saturated carbocycles. The minimum Gasteiger partial charge on any atom is -0.369 e. The molecule has 0 aromatic heterocycles. The molecule has 0 aliphatic carbocycles. The summed E-state index contributed by atoms with van der Waals surface area (Å²) < 4.78 is 0. The van der Waals surface area contributed by atoms with Crippen LogP contribution < -0.4 is 11.1 Å². The van der Waals surface area contributed by atoms with Crippen molar-refractivity contribution < 1.29 is 4.79 Å². The van der Waals surface area contributed by atoms with E-state index in [4.69, 9.17) is 5.73 Å². The Morgan fingerprint density at radius 3 is 3.07 bits per heavy atom. The van der Waals surface area contributed by atoms with Crippen LogP contribution in [0.1, 0.15) is 19.8 Å². The zero-order valence-corrected chi connectivity index (χ0v) is 8.96. The Bertz CT molecular complexity index is 184. The first-order valence-electron chi connectivity index (χ1n) is 5.43. The molecule has 14 heavy (non-hydrogen) atoms. The van der Waals surface area contributed by atoms with E-state index < -0.39 is 0 Å². The Kier molecular flexibility index (Phi) is 4.90. The van der Waals surface area contributed by atoms with Crippen molar-refractivity contribution in [1.82, 2.24) is 10.2 Å². The molecule has 1 amide bonds. The van der Waals surface area contributed by atoms with Crippen LogP contribution in [0.25, 0.3) is 0 Å². The fourth-order valence-corrected chi connectivity index (χ4v) is 2.03. The van der Waals surface area contributed by atoms with Crippen molar-refractivity contribution in [1.29, 1.82) is 0 Å². The number of primary amides is 1. The fraction of sp³-hybridized carbons (Fsp3) is 0.900. The number of piperidine rings is 1. The summed E-state index contributed by atoms with van der Waals surface area (Å²) in [5.41, 5.74) is 5.17. The van der Waals surface area contributed by atoms with E-state index in [9.17, 15) is 4.79 Å². The van der Waals surface area contributed by atoms with E-state index in [1.165, 1.54) is 12.8 Å². The summed E-state index contributed by atoms with van der Waals surface area (Å²) in [6.07, 6.45) is 2.45. The molecule has 1 saturated heterocycles. The molecule has 0 aromatic rings. The van der Waals surface area contributed by atoms with E-state index in [1.807, 2.05) is 0 Å². The molecule has 0 radical (unpaired) electrons. The highest BCUT2D eigenvalue weighted by Crippen LogP contribution is 2.14. The SMILES string of the molecule is CCNCC1CCCN(CC(N)=O)C1. The van der Waals surface area contributed by atoms with Crippen molar-refractivity contribution in [3.8, 4) is 0 Å². The van der Waals surface area contributed by atoms with Gasteiger partial charge in [0.1, 0.15) is 0 Å². The van der Waals surface area contributed by atoms with Crippen LogP contribution in [0.2, 0.25) is 0 Å². The normalized spacial score (nSPS) is 23.6. The maximum Gasteiger partial charge on any atom is 0.231 e. The van der Waals surface area contributed by atoms with Crippen LogP contribution in [0, 0.1) is 5.92 Å². The van der Waals surface area contributed by atoms with E-state index in [2.05, 4.69) is 17.1 Å². The first-order chi connectivity index (χ1) is 6.72. The molecule has 1 aliphatic heterocycles. The second-order valence-electron chi connectivity index (χ2n) is 4.02. The zero-order chi connectivity index (χ0) is 10.4. The Balaban J connectivity index is 2.24. The lowest BCUT2D eigenvalue weighted by atomic mass is 9.98. The third-order valence-corrected chi connectivity index (χ3v) is 2.67. The second-order valence-corrected chi connectivity index (χ2v) is 4.02. The number of hydrogen-bond acceptors (Lipinski definition) is 3. The van der Waals surface area contributed by atoms with E-state index in [-0.39, 0.29) is 5.91 Å². The molecule has 4 nitrogen and oxygen atoms in total. The van der Waals surface area contributed by atoms with Crippen LogP contribution in [0.3, 0.4) is 0 Å². The smallest absolute Gasteiger partial charge is 0.231 e. The maximum atomic E-state index is 10.8. The molecule has 4 heteroatoms. The van der Waals surface area contributed by atoms with E-state index >= 15 is 0 Å². The van der Waals surface area contributed by atoms with Crippen molar-refractivity contribution in [2.24, 2.45) is 11.7 Å². The van der Waals surface area contributed by atoms with E-state index in [1.54, 1.807) is 0 Å². The number of carbonyl (C=O) groups is 1. The summed E-state index contributed by atoms with van der Waals surface area (Å²) in [6.45, 7) is 6.65. The van der Waals surface area contributed by atoms with Gasteiger partial charge >= 0.3 is 0 Å². The summed E-state index contributed by atoms with van der Waals surface area (Å²) in [4.78, 5) is 12.9. The standard InChI is InChI=1S/C10H21N3O/c1-2-12-6-9-4-3-5-13(7-9)8-10(11)14/h9,12H,2-8H2,1H3,(H2,11,14). The molecule has 0 spiro atoms. The highest BCUT2D eigenvalue weighted by Gasteiger charge is 2.20. The molecule has 1 heterocycles. The highest BCUT2D eigenvalue weighted by molar-refractivity contribution is 5.75. The molecule has 82 valence electrons. The molecule has 1 rings (SSSR count). The lowest BCUT2D eigenvalue weighted by Crippen LogP contribution is -2.43. The minimum absolute atomic E-state index is 0.214. The van der Waals surface area contributed by atoms with Crippen LogP contribution in [-0.4, -0.2) is 43.5 Å². The minimum atomic E-state index is -0.214. The van der Waals surface area contributed by atoms with Gasteiger partial charge in [-0.2, -0.15) is 0 Å². The zero-order valence-electron chi connectivity index (χ0n) is 8.96. The van der Waals surface area contributed by atoms with Crippen LogP contribution in [-0.2, 0) is 4.79 Å². The van der Waals surface area contributed by atoms with Gasteiger partial charge in [0.15, 0.2) is 0 Å². The predicted molar refractivity (Wildman–Crippen MR) is 56.9 cm³/mol. The Labute approximate surface area is 85.8 Å². The quantitative estimate of drug-likeness (QED) is 0.644. The van der Waals surface area contributed by atoms with Gasteiger partial charge in [0.05, 0.1) is 6.54 Å². The molecule has 1 fully saturated rings. The van der Waals surface area contributed by atoms with Gasteiger partial charge in [0.2, 0.25) is 5.91 Å². The summed E-state index contributed by atoms with van der Waals surface area (Å²) in [6, 6.07) is 0. The largest absolute Gasteiger partial charge is 0.369 e. The number of hydrogen-bond donors (Lipinski definition) is 2. The number of nitrogens with one attached hydrogen (secondary N) is 1. The highest BCUT2D eigenvalue weighted by atomic mass is 16.1. The van der Waals surface area contributed by atoms with Crippen LogP contribution in [0.5, 0.6) is 0 Å². The summed E-state index contributed by atoms with van der Waals surface area (Å²) in [5.74, 6) is 0.470. The summed E-state index contributed by atoms with van der Waals surface area (Å²) in [7, 11) is 0. The second kappa shape index (κ2) is 5.98. The monoisotopic (exact) mass is 199 g/mol. The third kappa shape index (κ3) is 4.07. The van der Waals surface area contributed by atoms with Gasteiger partial charge in [0, 0.05) is 6.54 Å². The van der Waals surface area contributed by atoms with E-state index in [0.717, 1.165) is 26.2 Å². The van der Waals surface area contributed by atoms with E-state index in [0.29, 0.717) is 12.5 Å². The average Bonchev–Trinajstić information content (AvgIpc) is 2.14. The number of nitrogens with zero attached hydrogens (tertiary/aromatic N) is 1. The van der Waals surface area contributed by atoms with Crippen LogP contribution in [0.4, 0.5) is 0 Å². The average molecular weight is 199 g/mol. The molecular weight excluding hydrogens is 178 g/mol. The topological polar surface area (TPSA) is 58.4 Å². The first-order valence-corrected chi connectivity index (χ1v) is 5.43. The molecule has 1 unspecified atom stereocenters. The third-order valence-electron chi connectivity index (χ3n) is 2.67. The Morgan fingerprint density at radius 2 is 2.43 bits per heavy atom. The molecule has 0 bridgehead atoms. The molecular formula is C10H21N3O. The molecule has 0 aromatic carbocycles. The Hall–Kier alpha value is -0.610. The number of carbonyl (C=O) groups excluding carboxylic acids is 1. The van der Waals surface area contributed by atoms with Crippen molar-refractivity contribution >= 4 is 5.91 Å². The molecule has 1 atom stereocenters.